The number of hydrogen-bond donors (Lipinski definition) is 1. The van der Waals surface area contributed by atoms with E-state index in [-0.39, 0.29) is 12.1 Å². The van der Waals surface area contributed by atoms with Crippen LogP contribution in [0.25, 0.3) is 0 Å². The number of benzene rings is 2. The minimum atomic E-state index is 0.0765. The molecule has 0 fully saturated rings. The quantitative estimate of drug-likeness (QED) is 0.913. The summed E-state index contributed by atoms with van der Waals surface area (Å²) in [6.07, 6.45) is 3.12. The van der Waals surface area contributed by atoms with Gasteiger partial charge in [0, 0.05) is 22.5 Å². The first-order valence-electron chi connectivity index (χ1n) is 6.98. The lowest BCUT2D eigenvalue weighted by molar-refractivity contribution is 0.150. The van der Waals surface area contributed by atoms with Crippen molar-refractivity contribution < 1.29 is 4.74 Å². The Balaban J connectivity index is 1.68. The minimum Gasteiger partial charge on any atom is -0.490 e. The summed E-state index contributed by atoms with van der Waals surface area (Å²) >= 11 is 3.49. The zero-order chi connectivity index (χ0) is 13.9. The average molecular weight is 332 g/mol. The van der Waals surface area contributed by atoms with Gasteiger partial charge in [0.25, 0.3) is 0 Å². The highest BCUT2D eigenvalue weighted by molar-refractivity contribution is 9.10. The van der Waals surface area contributed by atoms with Crippen molar-refractivity contribution in [3.05, 3.63) is 64.1 Å². The molecule has 0 saturated carbocycles. The van der Waals surface area contributed by atoms with Gasteiger partial charge in [-0.05, 0) is 30.5 Å². The molecular formula is C17H18BrNO. The molecule has 0 bridgehead atoms. The molecule has 0 amide bonds. The molecule has 1 heterocycles. The van der Waals surface area contributed by atoms with Crippen molar-refractivity contribution in [2.75, 3.05) is 0 Å². The lowest BCUT2D eigenvalue weighted by Gasteiger charge is -2.30. The van der Waals surface area contributed by atoms with E-state index in [0.29, 0.717) is 0 Å². The summed E-state index contributed by atoms with van der Waals surface area (Å²) < 4.78 is 7.13. The molecule has 2 nitrogen and oxygen atoms in total. The van der Waals surface area contributed by atoms with Crippen LogP contribution in [0.5, 0.6) is 5.75 Å². The molecule has 2 N–H and O–H groups in total. The maximum Gasteiger partial charge on any atom is 0.125 e. The third kappa shape index (κ3) is 3.05. The van der Waals surface area contributed by atoms with E-state index in [0.717, 1.165) is 35.0 Å². The summed E-state index contributed by atoms with van der Waals surface area (Å²) in [5.41, 5.74) is 8.73. The van der Waals surface area contributed by atoms with E-state index < -0.39 is 0 Å². The number of rotatable bonds is 3. The van der Waals surface area contributed by atoms with Crippen LogP contribution in [0.1, 0.15) is 30.0 Å². The van der Waals surface area contributed by atoms with Gasteiger partial charge in [0.15, 0.2) is 0 Å². The predicted octanol–water partition coefficient (Wildman–Crippen LogP) is 4.23. The van der Waals surface area contributed by atoms with Crippen molar-refractivity contribution in [3.8, 4) is 5.75 Å². The van der Waals surface area contributed by atoms with Gasteiger partial charge in [-0.1, -0.05) is 52.3 Å². The second-order valence-corrected chi connectivity index (χ2v) is 6.20. The van der Waals surface area contributed by atoms with Crippen LogP contribution in [0.15, 0.2) is 53.0 Å². The molecule has 0 radical (unpaired) electrons. The number of ether oxygens (including phenoxy) is 1. The molecule has 0 aromatic heterocycles. The van der Waals surface area contributed by atoms with Gasteiger partial charge >= 0.3 is 0 Å². The summed E-state index contributed by atoms with van der Waals surface area (Å²) in [7, 11) is 0. The standard InChI is InChI=1S/C17H18BrNO/c18-13-7-9-15-16(19)11-14(20-17(15)10-13)8-6-12-4-2-1-3-5-12/h1-5,7,9-10,14,16H,6,8,11,19H2/t14?,16-/m0/s1. The Labute approximate surface area is 128 Å². The Morgan fingerprint density at radius 3 is 2.75 bits per heavy atom. The van der Waals surface area contributed by atoms with Crippen LogP contribution >= 0.6 is 15.9 Å². The monoisotopic (exact) mass is 331 g/mol. The van der Waals surface area contributed by atoms with Gasteiger partial charge in [0.05, 0.1) is 0 Å². The first-order valence-corrected chi connectivity index (χ1v) is 7.77. The zero-order valence-electron chi connectivity index (χ0n) is 11.3. The van der Waals surface area contributed by atoms with E-state index in [1.54, 1.807) is 0 Å². The predicted molar refractivity (Wildman–Crippen MR) is 84.9 cm³/mol. The Hall–Kier alpha value is -1.32. The van der Waals surface area contributed by atoms with E-state index in [2.05, 4.69) is 46.3 Å². The maximum atomic E-state index is 6.26. The van der Waals surface area contributed by atoms with Crippen LogP contribution < -0.4 is 10.5 Å². The molecule has 2 aromatic rings. The number of aryl methyl sites for hydroxylation is 1. The van der Waals surface area contributed by atoms with Gasteiger partial charge < -0.3 is 10.5 Å². The molecule has 2 aromatic carbocycles. The fourth-order valence-corrected chi connectivity index (χ4v) is 3.04. The van der Waals surface area contributed by atoms with Gasteiger partial charge in [0.2, 0.25) is 0 Å². The van der Waals surface area contributed by atoms with Crippen LogP contribution in [0, 0.1) is 0 Å². The van der Waals surface area contributed by atoms with Crippen molar-refractivity contribution in [2.24, 2.45) is 5.73 Å². The average Bonchev–Trinajstić information content (AvgIpc) is 2.46. The fraction of sp³-hybridized carbons (Fsp3) is 0.294. The smallest absolute Gasteiger partial charge is 0.125 e. The summed E-state index contributed by atoms with van der Waals surface area (Å²) in [5, 5.41) is 0. The number of hydrogen-bond acceptors (Lipinski definition) is 2. The molecule has 0 aliphatic carbocycles. The molecule has 104 valence electrons. The summed E-state index contributed by atoms with van der Waals surface area (Å²) in [4.78, 5) is 0. The van der Waals surface area contributed by atoms with E-state index in [1.165, 1.54) is 5.56 Å². The van der Waals surface area contributed by atoms with Crippen LogP contribution in [-0.2, 0) is 6.42 Å². The van der Waals surface area contributed by atoms with Crippen molar-refractivity contribution in [1.29, 1.82) is 0 Å². The minimum absolute atomic E-state index is 0.0765. The lowest BCUT2D eigenvalue weighted by atomic mass is 9.94. The zero-order valence-corrected chi connectivity index (χ0v) is 12.8. The van der Waals surface area contributed by atoms with Gasteiger partial charge in [-0.15, -0.1) is 0 Å². The molecule has 0 saturated heterocycles. The van der Waals surface area contributed by atoms with Crippen LogP contribution in [0.2, 0.25) is 0 Å². The molecule has 1 aliphatic heterocycles. The van der Waals surface area contributed by atoms with Crippen LogP contribution in [0.4, 0.5) is 0 Å². The Bertz CT molecular complexity index is 585. The summed E-state index contributed by atoms with van der Waals surface area (Å²) in [6.45, 7) is 0. The number of fused-ring (bicyclic) bond motifs is 1. The maximum absolute atomic E-state index is 6.26. The molecule has 1 aliphatic rings. The van der Waals surface area contributed by atoms with Crippen molar-refractivity contribution >= 4 is 15.9 Å². The highest BCUT2D eigenvalue weighted by atomic mass is 79.9. The fourth-order valence-electron chi connectivity index (χ4n) is 2.70. The highest BCUT2D eigenvalue weighted by Gasteiger charge is 2.25. The lowest BCUT2D eigenvalue weighted by Crippen LogP contribution is -2.29. The second kappa shape index (κ2) is 5.98. The summed E-state index contributed by atoms with van der Waals surface area (Å²) in [6, 6.07) is 16.7. The highest BCUT2D eigenvalue weighted by Crippen LogP contribution is 2.36. The SMILES string of the molecule is N[C@H]1CC(CCc2ccccc2)Oc2cc(Br)ccc21. The van der Waals surface area contributed by atoms with Crippen molar-refractivity contribution in [3.63, 3.8) is 0 Å². The van der Waals surface area contributed by atoms with Gasteiger partial charge in [0.1, 0.15) is 11.9 Å². The molecule has 1 unspecified atom stereocenters. The Kier molecular flexibility index (Phi) is 4.08. The van der Waals surface area contributed by atoms with E-state index in [9.17, 15) is 0 Å². The molecular weight excluding hydrogens is 314 g/mol. The third-order valence-corrected chi connectivity index (χ3v) is 4.28. The molecule has 2 atom stereocenters. The molecule has 0 spiro atoms. The van der Waals surface area contributed by atoms with Crippen LogP contribution in [-0.4, -0.2) is 6.10 Å². The van der Waals surface area contributed by atoms with E-state index >= 15 is 0 Å². The number of nitrogens with two attached hydrogens (primary N) is 1. The topological polar surface area (TPSA) is 35.2 Å². The first-order chi connectivity index (χ1) is 9.72. The summed E-state index contributed by atoms with van der Waals surface area (Å²) in [5.74, 6) is 0.927. The largest absolute Gasteiger partial charge is 0.490 e. The van der Waals surface area contributed by atoms with Crippen LogP contribution in [0.3, 0.4) is 0 Å². The van der Waals surface area contributed by atoms with Crippen molar-refractivity contribution in [1.82, 2.24) is 0 Å². The third-order valence-electron chi connectivity index (χ3n) is 3.78. The molecule has 3 heteroatoms. The first kappa shape index (κ1) is 13.7. The van der Waals surface area contributed by atoms with Crippen molar-refractivity contribution in [2.45, 2.75) is 31.4 Å². The number of halogens is 1. The van der Waals surface area contributed by atoms with E-state index in [4.69, 9.17) is 10.5 Å². The van der Waals surface area contributed by atoms with Gasteiger partial charge in [-0.25, -0.2) is 0 Å². The Morgan fingerprint density at radius 2 is 1.95 bits per heavy atom. The molecule has 20 heavy (non-hydrogen) atoms. The Morgan fingerprint density at radius 1 is 1.15 bits per heavy atom. The van der Waals surface area contributed by atoms with Gasteiger partial charge in [-0.3, -0.25) is 0 Å². The molecule has 3 rings (SSSR count). The second-order valence-electron chi connectivity index (χ2n) is 5.29. The van der Waals surface area contributed by atoms with E-state index in [1.807, 2.05) is 18.2 Å². The normalized spacial score (nSPS) is 21.1. The van der Waals surface area contributed by atoms with Gasteiger partial charge in [-0.2, -0.15) is 0 Å².